The van der Waals surface area contributed by atoms with Crippen LogP contribution in [0.4, 0.5) is 0 Å². The van der Waals surface area contributed by atoms with Crippen molar-refractivity contribution in [2.24, 2.45) is 0 Å². The molecule has 4 nitrogen and oxygen atoms in total. The van der Waals surface area contributed by atoms with Crippen LogP contribution >= 0.6 is 11.6 Å². The van der Waals surface area contributed by atoms with Gasteiger partial charge < -0.3 is 19.9 Å². The van der Waals surface area contributed by atoms with Crippen LogP contribution in [0, 0.1) is 6.92 Å². The lowest BCUT2D eigenvalue weighted by molar-refractivity contribution is 0.00966. The van der Waals surface area contributed by atoms with E-state index in [0.717, 1.165) is 35.8 Å². The summed E-state index contributed by atoms with van der Waals surface area (Å²) in [4.78, 5) is 0. The summed E-state index contributed by atoms with van der Waals surface area (Å²) < 4.78 is 11.1. The van der Waals surface area contributed by atoms with E-state index >= 15 is 0 Å². The molecular weight excluding hydrogens is 290 g/mol. The Morgan fingerprint density at radius 1 is 1.52 bits per heavy atom. The highest BCUT2D eigenvalue weighted by Crippen LogP contribution is 2.21. The van der Waals surface area contributed by atoms with Crippen LogP contribution in [0.1, 0.15) is 25.3 Å². The van der Waals surface area contributed by atoms with Crippen LogP contribution in [0.25, 0.3) is 0 Å². The molecule has 0 bridgehead atoms. The van der Waals surface area contributed by atoms with Crippen molar-refractivity contribution in [1.29, 1.82) is 0 Å². The SMILES string of the molecule is Cc1cc(OCC(O)CNC2CCOC(C)C2)ccc1Cl. The van der Waals surface area contributed by atoms with Crippen LogP contribution in [0.15, 0.2) is 18.2 Å². The number of rotatable bonds is 6. The molecule has 118 valence electrons. The van der Waals surface area contributed by atoms with Crippen LogP contribution in [0.5, 0.6) is 5.75 Å². The second-order valence-electron chi connectivity index (χ2n) is 5.69. The van der Waals surface area contributed by atoms with Crippen molar-refractivity contribution in [3.63, 3.8) is 0 Å². The molecule has 1 aromatic carbocycles. The van der Waals surface area contributed by atoms with Crippen LogP contribution < -0.4 is 10.1 Å². The lowest BCUT2D eigenvalue weighted by Crippen LogP contribution is -2.42. The zero-order valence-corrected chi connectivity index (χ0v) is 13.4. The van der Waals surface area contributed by atoms with E-state index in [9.17, 15) is 5.11 Å². The number of ether oxygens (including phenoxy) is 2. The number of benzene rings is 1. The maximum absolute atomic E-state index is 9.99. The summed E-state index contributed by atoms with van der Waals surface area (Å²) in [6.07, 6.45) is 1.75. The summed E-state index contributed by atoms with van der Waals surface area (Å²) in [5.41, 5.74) is 0.970. The lowest BCUT2D eigenvalue weighted by Gasteiger charge is -2.28. The van der Waals surface area contributed by atoms with Gasteiger partial charge in [0.1, 0.15) is 18.5 Å². The normalized spacial score (nSPS) is 23.8. The molecule has 1 saturated heterocycles. The number of aliphatic hydroxyl groups excluding tert-OH is 1. The second kappa shape index (κ2) is 7.99. The first-order valence-electron chi connectivity index (χ1n) is 7.46. The highest BCUT2D eigenvalue weighted by molar-refractivity contribution is 6.31. The highest BCUT2D eigenvalue weighted by Gasteiger charge is 2.19. The van der Waals surface area contributed by atoms with Crippen LogP contribution in [0.2, 0.25) is 5.02 Å². The van der Waals surface area contributed by atoms with E-state index in [-0.39, 0.29) is 6.61 Å². The van der Waals surface area contributed by atoms with E-state index in [4.69, 9.17) is 21.1 Å². The van der Waals surface area contributed by atoms with Crippen molar-refractivity contribution in [2.75, 3.05) is 19.8 Å². The van der Waals surface area contributed by atoms with Gasteiger partial charge in [0.15, 0.2) is 0 Å². The molecule has 1 aliphatic rings. The zero-order valence-electron chi connectivity index (χ0n) is 12.6. The molecule has 2 N–H and O–H groups in total. The molecule has 1 heterocycles. The predicted octanol–water partition coefficient (Wildman–Crippen LogP) is 2.55. The number of nitrogens with one attached hydrogen (secondary N) is 1. The molecular formula is C16H24ClNO3. The molecule has 0 radical (unpaired) electrons. The molecule has 0 amide bonds. The second-order valence-corrected chi connectivity index (χ2v) is 6.09. The average molecular weight is 314 g/mol. The molecule has 3 atom stereocenters. The van der Waals surface area contributed by atoms with Gasteiger partial charge >= 0.3 is 0 Å². The van der Waals surface area contributed by atoms with E-state index < -0.39 is 6.10 Å². The summed E-state index contributed by atoms with van der Waals surface area (Å²) in [7, 11) is 0. The molecule has 0 aliphatic carbocycles. The number of aliphatic hydroxyl groups is 1. The van der Waals surface area contributed by atoms with Gasteiger partial charge in [0.2, 0.25) is 0 Å². The molecule has 0 saturated carbocycles. The molecule has 0 aromatic heterocycles. The Hall–Kier alpha value is -0.810. The third-order valence-electron chi connectivity index (χ3n) is 3.70. The Labute approximate surface area is 131 Å². The lowest BCUT2D eigenvalue weighted by atomic mass is 10.0. The Morgan fingerprint density at radius 3 is 3.05 bits per heavy atom. The molecule has 2 rings (SSSR count). The topological polar surface area (TPSA) is 50.7 Å². The number of aryl methyl sites for hydroxylation is 1. The van der Waals surface area contributed by atoms with Gasteiger partial charge in [0.05, 0.1) is 6.10 Å². The molecule has 1 fully saturated rings. The van der Waals surface area contributed by atoms with Gasteiger partial charge in [-0.25, -0.2) is 0 Å². The fourth-order valence-electron chi connectivity index (χ4n) is 2.44. The van der Waals surface area contributed by atoms with E-state index in [2.05, 4.69) is 12.2 Å². The predicted molar refractivity (Wildman–Crippen MR) is 84.1 cm³/mol. The first-order chi connectivity index (χ1) is 10.0. The number of hydrogen-bond donors (Lipinski definition) is 2. The molecule has 21 heavy (non-hydrogen) atoms. The number of halogens is 1. The maximum atomic E-state index is 9.99. The third-order valence-corrected chi connectivity index (χ3v) is 4.12. The van der Waals surface area contributed by atoms with Gasteiger partial charge in [0, 0.05) is 24.2 Å². The minimum Gasteiger partial charge on any atom is -0.491 e. The maximum Gasteiger partial charge on any atom is 0.119 e. The number of hydrogen-bond acceptors (Lipinski definition) is 4. The summed E-state index contributed by atoms with van der Waals surface area (Å²) in [6.45, 7) is 5.60. The van der Waals surface area contributed by atoms with Gasteiger partial charge in [0.25, 0.3) is 0 Å². The summed E-state index contributed by atoms with van der Waals surface area (Å²) in [5.74, 6) is 0.732. The molecule has 1 aromatic rings. The Bertz CT molecular complexity index is 455. The van der Waals surface area contributed by atoms with Crippen molar-refractivity contribution in [3.05, 3.63) is 28.8 Å². The van der Waals surface area contributed by atoms with Gasteiger partial charge in [-0.15, -0.1) is 0 Å². The highest BCUT2D eigenvalue weighted by atomic mass is 35.5. The molecule has 5 heteroatoms. The van der Waals surface area contributed by atoms with Gasteiger partial charge in [-0.2, -0.15) is 0 Å². The standard InChI is InChI=1S/C16H24ClNO3/c1-11-7-15(3-4-16(11)17)21-10-14(19)9-18-13-5-6-20-12(2)8-13/h3-4,7,12-14,18-19H,5-6,8-10H2,1-2H3. The summed E-state index contributed by atoms with van der Waals surface area (Å²) in [6, 6.07) is 5.92. The quantitative estimate of drug-likeness (QED) is 0.847. The van der Waals surface area contributed by atoms with E-state index in [0.29, 0.717) is 18.7 Å². The Kier molecular flexibility index (Phi) is 6.30. The van der Waals surface area contributed by atoms with Gasteiger partial charge in [-0.05, 0) is 50.5 Å². The monoisotopic (exact) mass is 313 g/mol. The molecule has 0 spiro atoms. The zero-order chi connectivity index (χ0) is 15.2. The van der Waals surface area contributed by atoms with Crippen molar-refractivity contribution in [3.8, 4) is 5.75 Å². The molecule has 1 aliphatic heterocycles. The average Bonchev–Trinajstić information content (AvgIpc) is 2.46. The fraction of sp³-hybridized carbons (Fsp3) is 0.625. The van der Waals surface area contributed by atoms with Crippen molar-refractivity contribution >= 4 is 11.6 Å². The summed E-state index contributed by atoms with van der Waals surface area (Å²) in [5, 5.41) is 14.1. The van der Waals surface area contributed by atoms with Crippen LogP contribution in [0.3, 0.4) is 0 Å². The van der Waals surface area contributed by atoms with Gasteiger partial charge in [-0.1, -0.05) is 11.6 Å². The minimum absolute atomic E-state index is 0.271. The molecule has 3 unspecified atom stereocenters. The van der Waals surface area contributed by atoms with Gasteiger partial charge in [-0.3, -0.25) is 0 Å². The summed E-state index contributed by atoms with van der Waals surface area (Å²) >= 11 is 5.97. The minimum atomic E-state index is -0.529. The largest absolute Gasteiger partial charge is 0.491 e. The fourth-order valence-corrected chi connectivity index (χ4v) is 2.56. The van der Waals surface area contributed by atoms with Crippen molar-refractivity contribution < 1.29 is 14.6 Å². The van der Waals surface area contributed by atoms with Crippen molar-refractivity contribution in [1.82, 2.24) is 5.32 Å². The van der Waals surface area contributed by atoms with Crippen LogP contribution in [-0.2, 0) is 4.74 Å². The van der Waals surface area contributed by atoms with Crippen molar-refractivity contribution in [2.45, 2.75) is 44.9 Å². The first-order valence-corrected chi connectivity index (χ1v) is 7.84. The van der Waals surface area contributed by atoms with E-state index in [1.54, 1.807) is 6.07 Å². The third kappa shape index (κ3) is 5.47. The van der Waals surface area contributed by atoms with E-state index in [1.165, 1.54) is 0 Å². The van der Waals surface area contributed by atoms with Crippen LogP contribution in [-0.4, -0.2) is 43.1 Å². The smallest absolute Gasteiger partial charge is 0.119 e. The first kappa shape index (κ1) is 16.6. The Balaban J connectivity index is 1.69. The van der Waals surface area contributed by atoms with E-state index in [1.807, 2.05) is 19.1 Å². The Morgan fingerprint density at radius 2 is 2.33 bits per heavy atom.